The van der Waals surface area contributed by atoms with E-state index in [4.69, 9.17) is 5.14 Å². The fourth-order valence-electron chi connectivity index (χ4n) is 4.46. The Morgan fingerprint density at radius 3 is 2.61 bits per heavy atom. The van der Waals surface area contributed by atoms with Gasteiger partial charge in [0.25, 0.3) is 0 Å². The van der Waals surface area contributed by atoms with E-state index in [1.54, 1.807) is 18.5 Å². The summed E-state index contributed by atoms with van der Waals surface area (Å²) in [7, 11) is -3.70. The van der Waals surface area contributed by atoms with Gasteiger partial charge in [0.05, 0.1) is 15.8 Å². The molecule has 1 aliphatic carbocycles. The number of nitrogens with one attached hydrogen (secondary N) is 1. The van der Waals surface area contributed by atoms with Crippen LogP contribution in [0.2, 0.25) is 0 Å². The van der Waals surface area contributed by atoms with Crippen LogP contribution in [0, 0.1) is 0 Å². The highest BCUT2D eigenvalue weighted by molar-refractivity contribution is 7.89. The Hall–Kier alpha value is -2.98. The first kappa shape index (κ1) is 20.0. The molecule has 1 saturated carbocycles. The Morgan fingerprint density at radius 1 is 1.13 bits per heavy atom. The van der Waals surface area contributed by atoms with Crippen molar-refractivity contribution in [2.45, 2.75) is 36.1 Å². The van der Waals surface area contributed by atoms with E-state index in [-0.39, 0.29) is 16.3 Å². The summed E-state index contributed by atoms with van der Waals surface area (Å²) in [6, 6.07) is 8.40. The average Bonchev–Trinajstić information content (AvgIpc) is 3.33. The summed E-state index contributed by atoms with van der Waals surface area (Å²) < 4.78 is 22.8. The van der Waals surface area contributed by atoms with Crippen LogP contribution in [-0.2, 0) is 21.2 Å². The summed E-state index contributed by atoms with van der Waals surface area (Å²) in [5.74, 6) is 1.06. The molecule has 9 nitrogen and oxygen atoms in total. The number of piperazine rings is 1. The molecule has 1 amide bonds. The van der Waals surface area contributed by atoms with Crippen molar-refractivity contribution in [1.29, 1.82) is 0 Å². The lowest BCUT2D eigenvalue weighted by molar-refractivity contribution is -0.134. The second-order valence-electron chi connectivity index (χ2n) is 8.32. The Bertz CT molecular complexity index is 1230. The minimum Gasteiger partial charge on any atom is -0.352 e. The number of hydrogen-bond donors (Lipinski definition) is 2. The third-order valence-electron chi connectivity index (χ3n) is 6.29. The van der Waals surface area contributed by atoms with E-state index in [1.807, 2.05) is 17.2 Å². The van der Waals surface area contributed by atoms with Crippen molar-refractivity contribution in [2.24, 2.45) is 5.14 Å². The highest BCUT2D eigenvalue weighted by atomic mass is 32.2. The first-order chi connectivity index (χ1) is 14.9. The highest BCUT2D eigenvalue weighted by Crippen LogP contribution is 2.45. The van der Waals surface area contributed by atoms with Crippen molar-refractivity contribution >= 4 is 32.8 Å². The molecule has 0 unspecified atom stereocenters. The molecule has 1 saturated heterocycles. The number of anilines is 1. The van der Waals surface area contributed by atoms with Crippen molar-refractivity contribution in [1.82, 2.24) is 19.9 Å². The van der Waals surface area contributed by atoms with E-state index in [2.05, 4.69) is 19.9 Å². The second-order valence-corrected chi connectivity index (χ2v) is 9.88. The van der Waals surface area contributed by atoms with Gasteiger partial charge in [-0.15, -0.1) is 0 Å². The lowest BCUT2D eigenvalue weighted by atomic mass is 10.1. The number of H-pyrrole nitrogens is 1. The van der Waals surface area contributed by atoms with Gasteiger partial charge in [-0.05, 0) is 43.0 Å². The summed E-state index contributed by atoms with van der Waals surface area (Å²) in [6.45, 7) is 2.17. The number of sulfonamides is 1. The van der Waals surface area contributed by atoms with Crippen molar-refractivity contribution in [3.8, 4) is 0 Å². The number of aryl methyl sites for hydroxylation is 1. The molecular formula is C21H24N6O3S. The molecule has 2 aliphatic rings. The van der Waals surface area contributed by atoms with E-state index in [0.717, 1.165) is 48.3 Å². The molecule has 3 aromatic rings. The summed E-state index contributed by atoms with van der Waals surface area (Å²) >= 11 is 0. The molecular weight excluding hydrogens is 416 g/mol. The van der Waals surface area contributed by atoms with Gasteiger partial charge in [0.15, 0.2) is 0 Å². The number of carbonyl (C=O) groups excluding carboxylic acids is 1. The third kappa shape index (κ3) is 3.77. The Morgan fingerprint density at radius 2 is 1.90 bits per heavy atom. The van der Waals surface area contributed by atoms with Crippen molar-refractivity contribution in [3.05, 3.63) is 48.4 Å². The average molecular weight is 441 g/mol. The van der Waals surface area contributed by atoms with Crippen molar-refractivity contribution < 1.29 is 13.2 Å². The van der Waals surface area contributed by atoms with Crippen LogP contribution in [0.5, 0.6) is 0 Å². The van der Waals surface area contributed by atoms with Crippen LogP contribution in [0.1, 0.15) is 24.8 Å². The van der Waals surface area contributed by atoms with E-state index in [1.165, 1.54) is 12.1 Å². The molecule has 3 heterocycles. The molecule has 162 valence electrons. The summed E-state index contributed by atoms with van der Waals surface area (Å²) in [4.78, 5) is 29.3. The van der Waals surface area contributed by atoms with Crippen molar-refractivity contribution in [2.75, 3.05) is 24.5 Å². The number of hydrogen-bond acceptors (Lipinski definition) is 6. The number of aromatic amines is 1. The predicted molar refractivity (Wildman–Crippen MR) is 116 cm³/mol. The largest absolute Gasteiger partial charge is 0.352 e. The number of rotatable bonds is 5. The zero-order chi connectivity index (χ0) is 21.6. The zero-order valence-corrected chi connectivity index (χ0v) is 17.8. The summed E-state index contributed by atoms with van der Waals surface area (Å²) in [6.07, 6.45) is 6.40. The van der Waals surface area contributed by atoms with E-state index < -0.39 is 10.0 Å². The fourth-order valence-corrected chi connectivity index (χ4v) is 4.98. The van der Waals surface area contributed by atoms with Crippen LogP contribution in [0.25, 0.3) is 11.0 Å². The molecule has 0 bridgehead atoms. The van der Waals surface area contributed by atoms with Gasteiger partial charge in [-0.3, -0.25) is 4.79 Å². The number of aromatic nitrogens is 3. The first-order valence-corrected chi connectivity index (χ1v) is 11.9. The SMILES string of the molecule is NS(=O)(=O)c1ccc(CCC(=O)N2CCN(c3ncnc4[nH]ccc34)CC23CC3)cc1. The zero-order valence-electron chi connectivity index (χ0n) is 17.0. The summed E-state index contributed by atoms with van der Waals surface area (Å²) in [5.41, 5.74) is 1.63. The van der Waals surface area contributed by atoms with Gasteiger partial charge in [-0.25, -0.2) is 23.5 Å². The molecule has 0 atom stereocenters. The van der Waals surface area contributed by atoms with Crippen LogP contribution in [0.4, 0.5) is 5.82 Å². The minimum atomic E-state index is -3.70. The second kappa shape index (κ2) is 7.31. The summed E-state index contributed by atoms with van der Waals surface area (Å²) in [5, 5.41) is 6.14. The maximum atomic E-state index is 13.0. The molecule has 5 rings (SSSR count). The highest BCUT2D eigenvalue weighted by Gasteiger charge is 2.53. The number of amides is 1. The number of fused-ring (bicyclic) bond motifs is 1. The van der Waals surface area contributed by atoms with Crippen LogP contribution in [0.15, 0.2) is 47.8 Å². The normalized spacial score (nSPS) is 18.0. The van der Waals surface area contributed by atoms with Crippen LogP contribution in [-0.4, -0.2) is 59.4 Å². The van der Waals surface area contributed by atoms with Gasteiger partial charge in [-0.2, -0.15) is 0 Å². The standard InChI is InChI=1S/C21H24N6O3S/c22-31(29,30)16-4-1-15(2-5-16)3-6-18(28)27-12-11-26(13-21(27)8-9-21)20-17-7-10-23-19(17)24-14-25-20/h1-2,4-5,7,10,14H,3,6,8-9,11-13H2,(H2,22,29,30)(H,23,24,25). The number of benzene rings is 1. The Balaban J connectivity index is 1.25. The van der Waals surface area contributed by atoms with Crippen LogP contribution < -0.4 is 10.0 Å². The molecule has 0 radical (unpaired) electrons. The number of carbonyl (C=O) groups is 1. The smallest absolute Gasteiger partial charge is 0.238 e. The topological polar surface area (TPSA) is 125 Å². The first-order valence-electron chi connectivity index (χ1n) is 10.3. The maximum Gasteiger partial charge on any atom is 0.238 e. The van der Waals surface area contributed by atoms with Gasteiger partial charge in [-0.1, -0.05) is 12.1 Å². The van der Waals surface area contributed by atoms with Crippen molar-refractivity contribution in [3.63, 3.8) is 0 Å². The van der Waals surface area contributed by atoms with Gasteiger partial charge < -0.3 is 14.8 Å². The minimum absolute atomic E-state index is 0.0804. The molecule has 3 N–H and O–H groups in total. The predicted octanol–water partition coefficient (Wildman–Crippen LogP) is 1.42. The van der Waals surface area contributed by atoms with Gasteiger partial charge in [0.1, 0.15) is 17.8 Å². The molecule has 10 heteroatoms. The van der Waals surface area contributed by atoms with Gasteiger partial charge >= 0.3 is 0 Å². The maximum absolute atomic E-state index is 13.0. The van der Waals surface area contributed by atoms with Gasteiger partial charge in [0, 0.05) is 32.3 Å². The lowest BCUT2D eigenvalue weighted by Gasteiger charge is -2.43. The quantitative estimate of drug-likeness (QED) is 0.618. The Labute approximate surface area is 180 Å². The molecule has 2 aromatic heterocycles. The fraction of sp³-hybridized carbons (Fsp3) is 0.381. The van der Waals surface area contributed by atoms with Gasteiger partial charge in [0.2, 0.25) is 15.9 Å². The molecule has 1 aromatic carbocycles. The molecule has 1 spiro atoms. The van der Waals surface area contributed by atoms with E-state index in [9.17, 15) is 13.2 Å². The number of nitrogens with zero attached hydrogens (tertiary/aromatic N) is 4. The third-order valence-corrected chi connectivity index (χ3v) is 7.22. The van der Waals surface area contributed by atoms with Crippen LogP contribution in [0.3, 0.4) is 0 Å². The molecule has 1 aliphatic heterocycles. The molecule has 31 heavy (non-hydrogen) atoms. The number of primary sulfonamides is 1. The number of nitrogens with two attached hydrogens (primary N) is 1. The van der Waals surface area contributed by atoms with Crippen LogP contribution >= 0.6 is 0 Å². The van der Waals surface area contributed by atoms with E-state index >= 15 is 0 Å². The Kier molecular flexibility index (Phi) is 4.71. The lowest BCUT2D eigenvalue weighted by Crippen LogP contribution is -2.57. The van der Waals surface area contributed by atoms with E-state index in [0.29, 0.717) is 19.4 Å². The monoisotopic (exact) mass is 440 g/mol. The molecule has 2 fully saturated rings.